The summed E-state index contributed by atoms with van der Waals surface area (Å²) in [6, 6.07) is 18.7. The zero-order valence-corrected chi connectivity index (χ0v) is 14.6. The van der Waals surface area contributed by atoms with Crippen molar-refractivity contribution in [2.24, 2.45) is 16.1 Å². The Kier molecular flexibility index (Phi) is 6.62. The van der Waals surface area contributed by atoms with Crippen molar-refractivity contribution < 1.29 is 4.79 Å². The Labute approximate surface area is 144 Å². The van der Waals surface area contributed by atoms with Gasteiger partial charge < -0.3 is 0 Å². The van der Waals surface area contributed by atoms with Gasteiger partial charge in [0.05, 0.1) is 0 Å². The molecule has 0 bridgehead atoms. The first-order valence-electron chi connectivity index (χ1n) is 8.34. The molecule has 0 saturated heterocycles. The molecule has 2 aromatic rings. The Morgan fingerprint density at radius 2 is 1.42 bits per heavy atom. The van der Waals surface area contributed by atoms with Crippen LogP contribution < -0.4 is 0 Å². The van der Waals surface area contributed by atoms with Gasteiger partial charge in [-0.25, -0.2) is 0 Å². The van der Waals surface area contributed by atoms with E-state index in [-0.39, 0.29) is 5.78 Å². The van der Waals surface area contributed by atoms with E-state index < -0.39 is 0 Å². The second-order valence-electron chi connectivity index (χ2n) is 6.28. The number of carbonyl (C=O) groups is 1. The molecule has 0 aromatic heterocycles. The predicted octanol–water partition coefficient (Wildman–Crippen LogP) is 5.17. The summed E-state index contributed by atoms with van der Waals surface area (Å²) in [5.41, 5.74) is 2.73. The lowest BCUT2D eigenvalue weighted by molar-refractivity contribution is 0.106. The van der Waals surface area contributed by atoms with Crippen LogP contribution in [0, 0.1) is 5.92 Å². The first-order valence-corrected chi connectivity index (χ1v) is 8.34. The van der Waals surface area contributed by atoms with E-state index in [0.29, 0.717) is 17.2 Å². The highest BCUT2D eigenvalue weighted by atomic mass is 16.1. The fourth-order valence-corrected chi connectivity index (χ4v) is 2.24. The van der Waals surface area contributed by atoms with E-state index in [2.05, 4.69) is 24.1 Å². The average Bonchev–Trinajstić information content (AvgIpc) is 2.61. The fourth-order valence-electron chi connectivity index (χ4n) is 2.24. The van der Waals surface area contributed by atoms with E-state index >= 15 is 0 Å². The van der Waals surface area contributed by atoms with Gasteiger partial charge in [-0.2, -0.15) is 5.10 Å². The van der Waals surface area contributed by atoms with E-state index in [1.165, 1.54) is 0 Å². The molecule has 2 aromatic carbocycles. The molecule has 24 heavy (non-hydrogen) atoms. The van der Waals surface area contributed by atoms with Crippen LogP contribution in [0.15, 0.2) is 70.9 Å². The van der Waals surface area contributed by atoms with Gasteiger partial charge in [-0.05, 0) is 25.7 Å². The predicted molar refractivity (Wildman–Crippen MR) is 101 cm³/mol. The van der Waals surface area contributed by atoms with Gasteiger partial charge in [-0.15, -0.1) is 5.10 Å². The average molecular weight is 320 g/mol. The molecule has 0 atom stereocenters. The third-order valence-corrected chi connectivity index (χ3v) is 3.70. The summed E-state index contributed by atoms with van der Waals surface area (Å²) in [6.07, 6.45) is 1.96. The number of rotatable bonds is 7. The van der Waals surface area contributed by atoms with Gasteiger partial charge in [-0.3, -0.25) is 4.79 Å². The van der Waals surface area contributed by atoms with Crippen LogP contribution in [0.2, 0.25) is 0 Å². The molecule has 0 spiro atoms. The molecular formula is C21H24N2O. The molecule has 2 rings (SSSR count). The van der Waals surface area contributed by atoms with Crippen LogP contribution >= 0.6 is 0 Å². The minimum Gasteiger partial charge on any atom is -0.287 e. The number of ketones is 1. The highest BCUT2D eigenvalue weighted by Gasteiger charge is 2.16. The van der Waals surface area contributed by atoms with Crippen molar-refractivity contribution in [2.45, 2.75) is 33.6 Å². The zero-order valence-electron chi connectivity index (χ0n) is 14.6. The SMILES string of the molecule is C/C(CCC(C)C)=N/N=C(\C(=O)c1ccccc1)c1ccccc1. The molecule has 3 nitrogen and oxygen atoms in total. The molecule has 0 aliphatic carbocycles. The molecule has 0 N–H and O–H groups in total. The molecule has 0 aliphatic rings. The van der Waals surface area contributed by atoms with Crippen LogP contribution in [0.5, 0.6) is 0 Å². The molecule has 0 heterocycles. The number of Topliss-reactive ketones (excluding diaryl/α,β-unsaturated/α-hetero) is 1. The lowest BCUT2D eigenvalue weighted by Gasteiger charge is -2.06. The van der Waals surface area contributed by atoms with Gasteiger partial charge in [0, 0.05) is 16.8 Å². The van der Waals surface area contributed by atoms with E-state index in [1.54, 1.807) is 12.1 Å². The Morgan fingerprint density at radius 3 is 1.96 bits per heavy atom. The van der Waals surface area contributed by atoms with Crippen molar-refractivity contribution in [3.63, 3.8) is 0 Å². The van der Waals surface area contributed by atoms with Gasteiger partial charge in [0.2, 0.25) is 5.78 Å². The van der Waals surface area contributed by atoms with Crippen molar-refractivity contribution >= 4 is 17.2 Å². The van der Waals surface area contributed by atoms with Crippen molar-refractivity contribution in [1.82, 2.24) is 0 Å². The lowest BCUT2D eigenvalue weighted by Crippen LogP contribution is -2.15. The molecule has 0 fully saturated rings. The van der Waals surface area contributed by atoms with Crippen LogP contribution in [0.25, 0.3) is 0 Å². The normalized spacial score (nSPS) is 12.5. The van der Waals surface area contributed by atoms with Crippen molar-refractivity contribution in [1.29, 1.82) is 0 Å². The Hall–Kier alpha value is -2.55. The third-order valence-electron chi connectivity index (χ3n) is 3.70. The summed E-state index contributed by atoms with van der Waals surface area (Å²) in [5.74, 6) is 0.515. The van der Waals surface area contributed by atoms with Gasteiger partial charge in [0.15, 0.2) is 0 Å². The van der Waals surface area contributed by atoms with E-state index in [4.69, 9.17) is 0 Å². The fraction of sp³-hybridized carbons (Fsp3) is 0.286. The topological polar surface area (TPSA) is 41.8 Å². The summed E-state index contributed by atoms with van der Waals surface area (Å²) in [6.45, 7) is 6.33. The first kappa shape index (κ1) is 17.8. The Bertz CT molecular complexity index is 716. The minimum atomic E-state index is -0.109. The maximum atomic E-state index is 12.8. The standard InChI is InChI=1S/C21H24N2O/c1-16(2)14-15-17(3)22-23-20(18-10-6-4-7-11-18)21(24)19-12-8-5-9-13-19/h4-13,16H,14-15H2,1-3H3/b22-17-,23-20-. The summed E-state index contributed by atoms with van der Waals surface area (Å²) in [5, 5.41) is 8.61. The number of benzene rings is 2. The molecule has 124 valence electrons. The minimum absolute atomic E-state index is 0.109. The quantitative estimate of drug-likeness (QED) is 0.394. The van der Waals surface area contributed by atoms with Gasteiger partial charge >= 0.3 is 0 Å². The zero-order chi connectivity index (χ0) is 17.4. The van der Waals surface area contributed by atoms with Crippen LogP contribution in [-0.2, 0) is 0 Å². The largest absolute Gasteiger partial charge is 0.287 e. The summed E-state index contributed by atoms with van der Waals surface area (Å²) < 4.78 is 0. The van der Waals surface area contributed by atoms with Crippen LogP contribution in [0.1, 0.15) is 49.5 Å². The number of hydrogen-bond acceptors (Lipinski definition) is 3. The van der Waals surface area contributed by atoms with Crippen LogP contribution in [-0.4, -0.2) is 17.2 Å². The third kappa shape index (κ3) is 5.27. The van der Waals surface area contributed by atoms with Crippen LogP contribution in [0.4, 0.5) is 0 Å². The molecule has 0 aliphatic heterocycles. The maximum absolute atomic E-state index is 12.8. The van der Waals surface area contributed by atoms with Crippen molar-refractivity contribution in [3.05, 3.63) is 71.8 Å². The van der Waals surface area contributed by atoms with Crippen molar-refractivity contribution in [3.8, 4) is 0 Å². The van der Waals surface area contributed by atoms with Gasteiger partial charge in [0.1, 0.15) is 5.71 Å². The molecular weight excluding hydrogens is 296 g/mol. The number of hydrogen-bond donors (Lipinski definition) is 0. The molecule has 0 amide bonds. The second-order valence-corrected chi connectivity index (χ2v) is 6.28. The van der Waals surface area contributed by atoms with E-state index in [9.17, 15) is 4.79 Å². The maximum Gasteiger partial charge on any atom is 0.213 e. The monoisotopic (exact) mass is 320 g/mol. The van der Waals surface area contributed by atoms with Gasteiger partial charge in [-0.1, -0.05) is 74.5 Å². The Balaban J connectivity index is 2.32. The Morgan fingerprint density at radius 1 is 0.875 bits per heavy atom. The molecule has 0 radical (unpaired) electrons. The van der Waals surface area contributed by atoms with Crippen LogP contribution in [0.3, 0.4) is 0 Å². The molecule has 0 unspecified atom stereocenters. The summed E-state index contributed by atoms with van der Waals surface area (Å²) in [4.78, 5) is 12.8. The number of carbonyl (C=O) groups excluding carboxylic acids is 1. The van der Waals surface area contributed by atoms with Gasteiger partial charge in [0.25, 0.3) is 0 Å². The van der Waals surface area contributed by atoms with E-state index in [1.807, 2.05) is 55.5 Å². The highest BCUT2D eigenvalue weighted by Crippen LogP contribution is 2.10. The highest BCUT2D eigenvalue weighted by molar-refractivity contribution is 6.51. The smallest absolute Gasteiger partial charge is 0.213 e. The summed E-state index contributed by atoms with van der Waals surface area (Å²) >= 11 is 0. The molecule has 0 saturated carbocycles. The second kappa shape index (κ2) is 8.92. The summed E-state index contributed by atoms with van der Waals surface area (Å²) in [7, 11) is 0. The van der Waals surface area contributed by atoms with E-state index in [0.717, 1.165) is 24.1 Å². The number of nitrogens with zero attached hydrogens (tertiary/aromatic N) is 2. The van der Waals surface area contributed by atoms with Crippen molar-refractivity contribution in [2.75, 3.05) is 0 Å². The first-order chi connectivity index (χ1) is 11.6. The lowest BCUT2D eigenvalue weighted by atomic mass is 10.0. The molecule has 3 heteroatoms.